The van der Waals surface area contributed by atoms with Gasteiger partial charge in [0.2, 0.25) is 0 Å². The Morgan fingerprint density at radius 2 is 1.57 bits per heavy atom. The molecule has 102 valence electrons. The number of fused-ring (bicyclic) bond motifs is 1. The van der Waals surface area contributed by atoms with E-state index in [1.54, 1.807) is 18.2 Å². The predicted octanol–water partition coefficient (Wildman–Crippen LogP) is 4.32. The molecule has 2 heteroatoms. The number of rotatable bonds is 3. The molecule has 0 aliphatic heterocycles. The van der Waals surface area contributed by atoms with Crippen LogP contribution in [0.25, 0.3) is 16.8 Å². The van der Waals surface area contributed by atoms with Crippen molar-refractivity contribution in [2.24, 2.45) is 0 Å². The lowest BCUT2D eigenvalue weighted by Gasteiger charge is -2.01. The Labute approximate surface area is 123 Å². The Hall–Kier alpha value is -2.87. The molecule has 0 spiro atoms. The first-order chi connectivity index (χ1) is 10.2. The quantitative estimate of drug-likeness (QED) is 0.439. The molecule has 3 aromatic carbocycles. The summed E-state index contributed by atoms with van der Waals surface area (Å²) in [5.74, 6) is -0.0822. The standard InChI is InChI=1S/C19H15NO/c20-18-8-4-3-7-17(18)19(21)12-10-14-9-11-15-5-1-2-6-16(15)13-14/h1-13H,20H2/b12-10+. The Balaban J connectivity index is 1.87. The highest BCUT2D eigenvalue weighted by Gasteiger charge is 2.04. The van der Waals surface area contributed by atoms with Crippen LogP contribution in [0.2, 0.25) is 0 Å². The minimum absolute atomic E-state index is 0.0822. The highest BCUT2D eigenvalue weighted by Crippen LogP contribution is 2.17. The van der Waals surface area contributed by atoms with Gasteiger partial charge in [-0.15, -0.1) is 0 Å². The fourth-order valence-corrected chi connectivity index (χ4v) is 2.29. The average molecular weight is 273 g/mol. The first-order valence-electron chi connectivity index (χ1n) is 6.80. The van der Waals surface area contributed by atoms with Crippen molar-refractivity contribution < 1.29 is 4.79 Å². The zero-order valence-corrected chi connectivity index (χ0v) is 11.5. The smallest absolute Gasteiger partial charge is 0.187 e. The number of ketones is 1. The maximum Gasteiger partial charge on any atom is 0.187 e. The molecule has 2 N–H and O–H groups in total. The fraction of sp³-hybridized carbons (Fsp3) is 0. The summed E-state index contributed by atoms with van der Waals surface area (Å²) in [5, 5.41) is 2.35. The van der Waals surface area contributed by atoms with Crippen LogP contribution in [-0.4, -0.2) is 5.78 Å². The van der Waals surface area contributed by atoms with Gasteiger partial charge in [-0.25, -0.2) is 0 Å². The van der Waals surface area contributed by atoms with E-state index in [9.17, 15) is 4.79 Å². The second-order valence-electron chi connectivity index (χ2n) is 4.89. The number of carbonyl (C=O) groups is 1. The van der Waals surface area contributed by atoms with E-state index in [0.717, 1.165) is 10.9 Å². The molecule has 0 radical (unpaired) electrons. The molecule has 2 nitrogen and oxygen atoms in total. The second-order valence-corrected chi connectivity index (χ2v) is 4.89. The van der Waals surface area contributed by atoms with Crippen molar-refractivity contribution in [3.05, 3.63) is 83.9 Å². The highest BCUT2D eigenvalue weighted by molar-refractivity contribution is 6.10. The summed E-state index contributed by atoms with van der Waals surface area (Å²) in [6, 6.07) is 21.4. The summed E-state index contributed by atoms with van der Waals surface area (Å²) >= 11 is 0. The van der Waals surface area contributed by atoms with E-state index in [2.05, 4.69) is 24.3 Å². The van der Waals surface area contributed by atoms with E-state index >= 15 is 0 Å². The van der Waals surface area contributed by atoms with Gasteiger partial charge in [0.15, 0.2) is 5.78 Å². The molecule has 0 bridgehead atoms. The summed E-state index contributed by atoms with van der Waals surface area (Å²) < 4.78 is 0. The van der Waals surface area contributed by atoms with Gasteiger partial charge >= 0.3 is 0 Å². The molecule has 0 saturated carbocycles. The molecular formula is C19H15NO. The van der Waals surface area contributed by atoms with E-state index in [-0.39, 0.29) is 5.78 Å². The Bertz CT molecular complexity index is 834. The molecule has 0 fully saturated rings. The molecular weight excluding hydrogens is 258 g/mol. The van der Waals surface area contributed by atoms with Crippen molar-refractivity contribution in [3.63, 3.8) is 0 Å². The van der Waals surface area contributed by atoms with Crippen molar-refractivity contribution >= 4 is 28.3 Å². The summed E-state index contributed by atoms with van der Waals surface area (Å²) in [6.07, 6.45) is 3.39. The number of nitrogens with two attached hydrogens (primary N) is 1. The van der Waals surface area contributed by atoms with E-state index in [1.807, 2.05) is 36.4 Å². The summed E-state index contributed by atoms with van der Waals surface area (Å²) in [7, 11) is 0. The number of nitrogen functional groups attached to an aromatic ring is 1. The minimum Gasteiger partial charge on any atom is -0.398 e. The lowest BCUT2D eigenvalue weighted by molar-refractivity contribution is 0.104. The van der Waals surface area contributed by atoms with Crippen LogP contribution in [0.3, 0.4) is 0 Å². The maximum absolute atomic E-state index is 12.1. The van der Waals surface area contributed by atoms with Gasteiger partial charge in [0.25, 0.3) is 0 Å². The molecule has 3 aromatic rings. The van der Waals surface area contributed by atoms with Gasteiger partial charge in [-0.3, -0.25) is 4.79 Å². The monoisotopic (exact) mass is 273 g/mol. The van der Waals surface area contributed by atoms with E-state index in [1.165, 1.54) is 5.39 Å². The largest absolute Gasteiger partial charge is 0.398 e. The zero-order chi connectivity index (χ0) is 14.7. The summed E-state index contributed by atoms with van der Waals surface area (Å²) in [4.78, 5) is 12.1. The average Bonchev–Trinajstić information content (AvgIpc) is 2.53. The number of para-hydroxylation sites is 1. The Kier molecular flexibility index (Phi) is 3.52. The summed E-state index contributed by atoms with van der Waals surface area (Å²) in [6.45, 7) is 0. The first kappa shape index (κ1) is 13.1. The molecule has 0 unspecified atom stereocenters. The SMILES string of the molecule is Nc1ccccc1C(=O)/C=C/c1ccc2ccccc2c1. The van der Waals surface area contributed by atoms with Crippen molar-refractivity contribution in [1.29, 1.82) is 0 Å². The highest BCUT2D eigenvalue weighted by atomic mass is 16.1. The van der Waals surface area contributed by atoms with Gasteiger partial charge in [0, 0.05) is 11.3 Å². The van der Waals surface area contributed by atoms with Crippen LogP contribution in [0.1, 0.15) is 15.9 Å². The number of allylic oxidation sites excluding steroid dienone is 1. The van der Waals surface area contributed by atoms with Crippen LogP contribution < -0.4 is 5.73 Å². The van der Waals surface area contributed by atoms with Crippen LogP contribution in [0, 0.1) is 0 Å². The molecule has 21 heavy (non-hydrogen) atoms. The minimum atomic E-state index is -0.0822. The van der Waals surface area contributed by atoms with Gasteiger partial charge < -0.3 is 5.73 Å². The molecule has 0 atom stereocenters. The van der Waals surface area contributed by atoms with Crippen LogP contribution in [0.15, 0.2) is 72.8 Å². The molecule has 0 aliphatic carbocycles. The number of benzene rings is 3. The number of anilines is 1. The van der Waals surface area contributed by atoms with E-state index in [0.29, 0.717) is 11.3 Å². The van der Waals surface area contributed by atoms with Crippen molar-refractivity contribution in [3.8, 4) is 0 Å². The topological polar surface area (TPSA) is 43.1 Å². The third-order valence-electron chi connectivity index (χ3n) is 3.43. The molecule has 0 amide bonds. The third-order valence-corrected chi connectivity index (χ3v) is 3.43. The van der Waals surface area contributed by atoms with Gasteiger partial charge in [0.05, 0.1) is 0 Å². The van der Waals surface area contributed by atoms with Crippen molar-refractivity contribution in [1.82, 2.24) is 0 Å². The summed E-state index contributed by atoms with van der Waals surface area (Å²) in [5.41, 5.74) is 7.85. The Morgan fingerprint density at radius 3 is 2.38 bits per heavy atom. The molecule has 0 aromatic heterocycles. The number of hydrogen-bond acceptors (Lipinski definition) is 2. The second kappa shape index (κ2) is 5.63. The van der Waals surface area contributed by atoms with Gasteiger partial charge in [0.1, 0.15) is 0 Å². The lowest BCUT2D eigenvalue weighted by atomic mass is 10.0. The van der Waals surface area contributed by atoms with Gasteiger partial charge in [-0.2, -0.15) is 0 Å². The van der Waals surface area contributed by atoms with Crippen LogP contribution in [-0.2, 0) is 0 Å². The van der Waals surface area contributed by atoms with Crippen molar-refractivity contribution in [2.75, 3.05) is 5.73 Å². The zero-order valence-electron chi connectivity index (χ0n) is 11.5. The Morgan fingerprint density at radius 1 is 0.857 bits per heavy atom. The third kappa shape index (κ3) is 2.84. The molecule has 0 aliphatic rings. The van der Waals surface area contributed by atoms with E-state index in [4.69, 9.17) is 5.73 Å². The number of hydrogen-bond donors (Lipinski definition) is 1. The van der Waals surface area contributed by atoms with Crippen LogP contribution >= 0.6 is 0 Å². The molecule has 0 saturated heterocycles. The van der Waals surface area contributed by atoms with E-state index < -0.39 is 0 Å². The normalized spacial score (nSPS) is 11.0. The first-order valence-corrected chi connectivity index (χ1v) is 6.80. The van der Waals surface area contributed by atoms with Gasteiger partial charge in [-0.1, -0.05) is 54.6 Å². The van der Waals surface area contributed by atoms with Gasteiger partial charge in [-0.05, 0) is 40.6 Å². The fourth-order valence-electron chi connectivity index (χ4n) is 2.29. The number of carbonyl (C=O) groups excluding carboxylic acids is 1. The molecule has 0 heterocycles. The predicted molar refractivity (Wildman–Crippen MR) is 88.2 cm³/mol. The molecule has 3 rings (SSSR count). The lowest BCUT2D eigenvalue weighted by Crippen LogP contribution is -1.99. The van der Waals surface area contributed by atoms with Crippen molar-refractivity contribution in [2.45, 2.75) is 0 Å². The van der Waals surface area contributed by atoms with Crippen LogP contribution in [0.5, 0.6) is 0 Å². The maximum atomic E-state index is 12.1. The van der Waals surface area contributed by atoms with Crippen LogP contribution in [0.4, 0.5) is 5.69 Å².